The number of amides is 2. The fourth-order valence-electron chi connectivity index (χ4n) is 4.36. The standard InChI is InChI=1S/C30H30N2O4/c1-18-6-8-21(9-7-18)27(34)25-26(20-10-12-22(13-11-20)30(3,4)5)32(29(36)28(25)35)24-16-14-23(15-17-24)31-19(2)33/h6-17,26,34H,1-5H3,(H,31,33)/b27-25-. The maximum absolute atomic E-state index is 13.3. The molecule has 4 rings (SSSR count). The first-order chi connectivity index (χ1) is 17.0. The van der Waals surface area contributed by atoms with Gasteiger partial charge in [0.25, 0.3) is 11.7 Å². The number of hydrogen-bond donors (Lipinski definition) is 2. The molecule has 6 heteroatoms. The summed E-state index contributed by atoms with van der Waals surface area (Å²) in [6.45, 7) is 9.69. The van der Waals surface area contributed by atoms with Crippen LogP contribution in [0.4, 0.5) is 11.4 Å². The van der Waals surface area contributed by atoms with Gasteiger partial charge in [-0.15, -0.1) is 0 Å². The number of nitrogens with zero attached hydrogens (tertiary/aromatic N) is 1. The van der Waals surface area contributed by atoms with E-state index < -0.39 is 17.7 Å². The molecule has 0 radical (unpaired) electrons. The second kappa shape index (κ2) is 9.46. The van der Waals surface area contributed by atoms with Crippen LogP contribution in [-0.2, 0) is 19.8 Å². The van der Waals surface area contributed by atoms with Crippen molar-refractivity contribution in [2.45, 2.75) is 46.1 Å². The lowest BCUT2D eigenvalue weighted by atomic mass is 9.85. The third kappa shape index (κ3) is 4.80. The lowest BCUT2D eigenvalue weighted by Gasteiger charge is -2.27. The number of anilines is 2. The number of carbonyl (C=O) groups excluding carboxylic acids is 3. The molecule has 2 N–H and O–H groups in total. The number of aliphatic hydroxyl groups is 1. The summed E-state index contributed by atoms with van der Waals surface area (Å²) < 4.78 is 0. The molecule has 1 fully saturated rings. The van der Waals surface area contributed by atoms with Crippen molar-refractivity contribution in [1.29, 1.82) is 0 Å². The zero-order valence-corrected chi connectivity index (χ0v) is 21.1. The van der Waals surface area contributed by atoms with Crippen molar-refractivity contribution < 1.29 is 19.5 Å². The second-order valence-electron chi connectivity index (χ2n) is 10.1. The molecule has 1 aliphatic rings. The van der Waals surface area contributed by atoms with Crippen molar-refractivity contribution in [2.75, 3.05) is 10.2 Å². The molecule has 1 unspecified atom stereocenters. The summed E-state index contributed by atoms with van der Waals surface area (Å²) in [5.74, 6) is -1.89. The molecule has 0 aromatic heterocycles. The number of nitrogens with one attached hydrogen (secondary N) is 1. The van der Waals surface area contributed by atoms with Gasteiger partial charge in [-0.2, -0.15) is 0 Å². The Morgan fingerprint density at radius 3 is 2.00 bits per heavy atom. The molecule has 0 saturated carbocycles. The largest absolute Gasteiger partial charge is 0.507 e. The van der Waals surface area contributed by atoms with Crippen LogP contribution in [-0.4, -0.2) is 22.7 Å². The molecule has 2 amide bonds. The van der Waals surface area contributed by atoms with Crippen molar-refractivity contribution in [3.63, 3.8) is 0 Å². The lowest BCUT2D eigenvalue weighted by Crippen LogP contribution is -2.29. The van der Waals surface area contributed by atoms with Crippen LogP contribution in [0.3, 0.4) is 0 Å². The number of hydrogen-bond acceptors (Lipinski definition) is 4. The van der Waals surface area contributed by atoms with Gasteiger partial charge in [-0.25, -0.2) is 0 Å². The Kier molecular flexibility index (Phi) is 6.55. The molecule has 1 aliphatic heterocycles. The normalized spacial score (nSPS) is 17.4. The molecule has 36 heavy (non-hydrogen) atoms. The third-order valence-corrected chi connectivity index (χ3v) is 6.33. The maximum Gasteiger partial charge on any atom is 0.300 e. The van der Waals surface area contributed by atoms with Crippen LogP contribution >= 0.6 is 0 Å². The number of aliphatic hydroxyl groups excluding tert-OH is 1. The van der Waals surface area contributed by atoms with Crippen molar-refractivity contribution in [3.8, 4) is 0 Å². The van der Waals surface area contributed by atoms with E-state index in [0.717, 1.165) is 11.1 Å². The first kappa shape index (κ1) is 24.9. The Labute approximate surface area is 211 Å². The van der Waals surface area contributed by atoms with Crippen LogP contribution in [0.5, 0.6) is 0 Å². The number of aryl methyl sites for hydroxylation is 1. The molecule has 0 spiro atoms. The molecule has 0 bridgehead atoms. The van der Waals surface area contributed by atoms with Gasteiger partial charge in [0.15, 0.2) is 0 Å². The van der Waals surface area contributed by atoms with Crippen molar-refractivity contribution in [1.82, 2.24) is 0 Å². The topological polar surface area (TPSA) is 86.7 Å². The van der Waals surface area contributed by atoms with Crippen LogP contribution < -0.4 is 10.2 Å². The molecule has 1 saturated heterocycles. The minimum absolute atomic E-state index is 0.0401. The van der Waals surface area contributed by atoms with Crippen LogP contribution in [0.15, 0.2) is 78.4 Å². The molecule has 3 aromatic rings. The van der Waals surface area contributed by atoms with Crippen LogP contribution in [0, 0.1) is 6.92 Å². The first-order valence-corrected chi connectivity index (χ1v) is 11.8. The van der Waals surface area contributed by atoms with Crippen LogP contribution in [0.25, 0.3) is 5.76 Å². The Hall–Kier alpha value is -4.19. The third-order valence-electron chi connectivity index (χ3n) is 6.33. The molecular formula is C30H30N2O4. The highest BCUT2D eigenvalue weighted by atomic mass is 16.3. The average molecular weight is 483 g/mol. The van der Waals surface area contributed by atoms with E-state index in [1.54, 1.807) is 36.4 Å². The Bertz CT molecular complexity index is 1350. The molecule has 0 aliphatic carbocycles. The summed E-state index contributed by atoms with van der Waals surface area (Å²) in [6.07, 6.45) is 0. The summed E-state index contributed by atoms with van der Waals surface area (Å²) in [5.41, 5.74) is 4.34. The molecule has 184 valence electrons. The van der Waals surface area contributed by atoms with E-state index in [4.69, 9.17) is 0 Å². The van der Waals surface area contributed by atoms with Gasteiger partial charge in [-0.3, -0.25) is 19.3 Å². The number of rotatable bonds is 4. The molecule has 1 heterocycles. The summed E-state index contributed by atoms with van der Waals surface area (Å²) in [5, 5.41) is 14.0. The zero-order valence-electron chi connectivity index (χ0n) is 21.1. The number of carbonyl (C=O) groups is 3. The van der Waals surface area contributed by atoms with Gasteiger partial charge < -0.3 is 10.4 Å². The Morgan fingerprint density at radius 1 is 0.889 bits per heavy atom. The summed E-state index contributed by atoms with van der Waals surface area (Å²) in [6, 6.07) is 20.8. The summed E-state index contributed by atoms with van der Waals surface area (Å²) >= 11 is 0. The highest BCUT2D eigenvalue weighted by molar-refractivity contribution is 6.51. The number of Topliss-reactive ketones (excluding diaryl/α,β-unsaturated/α-hetero) is 1. The molecule has 6 nitrogen and oxygen atoms in total. The average Bonchev–Trinajstić information content (AvgIpc) is 3.09. The number of benzene rings is 3. The van der Waals surface area contributed by atoms with E-state index >= 15 is 0 Å². The Balaban J connectivity index is 1.87. The smallest absolute Gasteiger partial charge is 0.300 e. The van der Waals surface area contributed by atoms with Gasteiger partial charge in [0.1, 0.15) is 5.76 Å². The SMILES string of the molecule is CC(=O)Nc1ccc(N2C(=O)C(=O)/C(=C(\O)c3ccc(C)cc3)C2c2ccc(C(C)(C)C)cc2)cc1. The first-order valence-electron chi connectivity index (χ1n) is 11.8. The summed E-state index contributed by atoms with van der Waals surface area (Å²) in [4.78, 5) is 39.5. The second-order valence-corrected chi connectivity index (χ2v) is 10.1. The molecular weight excluding hydrogens is 452 g/mol. The van der Waals surface area contributed by atoms with Crippen LogP contribution in [0.1, 0.15) is 56.0 Å². The fraction of sp³-hybridized carbons (Fsp3) is 0.233. The van der Waals surface area contributed by atoms with Gasteiger partial charge in [0.2, 0.25) is 5.91 Å². The lowest BCUT2D eigenvalue weighted by molar-refractivity contribution is -0.132. The molecule has 3 aromatic carbocycles. The maximum atomic E-state index is 13.3. The van der Waals surface area contributed by atoms with Gasteiger partial charge in [0.05, 0.1) is 11.6 Å². The van der Waals surface area contributed by atoms with Crippen molar-refractivity contribution in [3.05, 3.63) is 101 Å². The van der Waals surface area contributed by atoms with Gasteiger partial charge in [-0.1, -0.05) is 74.9 Å². The quantitative estimate of drug-likeness (QED) is 0.276. The van der Waals surface area contributed by atoms with E-state index in [1.807, 2.05) is 43.3 Å². The fourth-order valence-corrected chi connectivity index (χ4v) is 4.36. The minimum atomic E-state index is -0.813. The van der Waals surface area contributed by atoms with E-state index in [2.05, 4.69) is 26.1 Å². The predicted octanol–water partition coefficient (Wildman–Crippen LogP) is 5.88. The molecule has 1 atom stereocenters. The highest BCUT2D eigenvalue weighted by Crippen LogP contribution is 2.42. The van der Waals surface area contributed by atoms with Crippen molar-refractivity contribution in [2.24, 2.45) is 0 Å². The summed E-state index contributed by atoms with van der Waals surface area (Å²) in [7, 11) is 0. The van der Waals surface area contributed by atoms with E-state index in [0.29, 0.717) is 22.5 Å². The minimum Gasteiger partial charge on any atom is -0.507 e. The van der Waals surface area contributed by atoms with E-state index in [9.17, 15) is 19.5 Å². The van der Waals surface area contributed by atoms with Crippen LogP contribution in [0.2, 0.25) is 0 Å². The highest BCUT2D eigenvalue weighted by Gasteiger charge is 2.47. The van der Waals surface area contributed by atoms with E-state index in [-0.39, 0.29) is 22.7 Å². The van der Waals surface area contributed by atoms with Gasteiger partial charge in [0, 0.05) is 23.9 Å². The Morgan fingerprint density at radius 2 is 1.47 bits per heavy atom. The predicted molar refractivity (Wildman–Crippen MR) is 142 cm³/mol. The van der Waals surface area contributed by atoms with Gasteiger partial charge in [-0.05, 0) is 47.7 Å². The van der Waals surface area contributed by atoms with Crippen molar-refractivity contribution >= 4 is 34.7 Å². The monoisotopic (exact) mass is 482 g/mol. The van der Waals surface area contributed by atoms with Gasteiger partial charge >= 0.3 is 0 Å². The zero-order chi connectivity index (χ0) is 26.2. The van der Waals surface area contributed by atoms with E-state index in [1.165, 1.54) is 11.8 Å². The number of ketones is 1.